The van der Waals surface area contributed by atoms with Crippen LogP contribution in [0, 0.1) is 5.82 Å². The minimum absolute atomic E-state index is 0.283. The third-order valence-electron chi connectivity index (χ3n) is 3.15. The molecule has 0 radical (unpaired) electrons. The largest absolute Gasteiger partial charge is 0.321 e. The van der Waals surface area contributed by atoms with Crippen LogP contribution < -0.4 is 5.73 Å². The van der Waals surface area contributed by atoms with E-state index in [2.05, 4.69) is 17.0 Å². The van der Waals surface area contributed by atoms with E-state index in [-0.39, 0.29) is 5.82 Å². The lowest BCUT2D eigenvalue weighted by atomic mass is 9.89. The topological polar surface area (TPSA) is 56.7 Å². The number of aryl methyl sites for hydroxylation is 1. The highest BCUT2D eigenvalue weighted by Crippen LogP contribution is 2.24. The molecule has 0 fully saturated rings. The molecule has 19 heavy (non-hydrogen) atoms. The first-order valence-corrected chi connectivity index (χ1v) is 6.45. The van der Waals surface area contributed by atoms with E-state index in [4.69, 9.17) is 5.73 Å². The van der Waals surface area contributed by atoms with Crippen molar-refractivity contribution >= 4 is 0 Å². The van der Waals surface area contributed by atoms with Crippen LogP contribution in [0.4, 0.5) is 4.39 Å². The van der Waals surface area contributed by atoms with E-state index in [1.165, 1.54) is 12.4 Å². The SMILES string of the molecule is CCCn1ncnc1CC(C)(N)c1ccccc1F. The summed E-state index contributed by atoms with van der Waals surface area (Å²) in [5.41, 5.74) is 5.97. The molecule has 1 aromatic carbocycles. The molecular formula is C14H19FN4. The summed E-state index contributed by atoms with van der Waals surface area (Å²) in [6, 6.07) is 6.60. The van der Waals surface area contributed by atoms with Crippen molar-refractivity contribution in [2.75, 3.05) is 0 Å². The summed E-state index contributed by atoms with van der Waals surface area (Å²) in [6.07, 6.45) is 2.94. The summed E-state index contributed by atoms with van der Waals surface area (Å²) >= 11 is 0. The Balaban J connectivity index is 2.26. The van der Waals surface area contributed by atoms with E-state index < -0.39 is 5.54 Å². The maximum absolute atomic E-state index is 13.8. The zero-order valence-corrected chi connectivity index (χ0v) is 11.3. The Morgan fingerprint density at radius 2 is 2.11 bits per heavy atom. The Morgan fingerprint density at radius 1 is 1.37 bits per heavy atom. The maximum atomic E-state index is 13.8. The standard InChI is InChI=1S/C14H19FN4/c1-3-8-19-13(17-10-18-19)9-14(2,16)11-6-4-5-7-12(11)15/h4-7,10H,3,8-9,16H2,1-2H3. The van der Waals surface area contributed by atoms with Crippen LogP contribution in [0.5, 0.6) is 0 Å². The van der Waals surface area contributed by atoms with Gasteiger partial charge in [0.1, 0.15) is 18.0 Å². The second-order valence-electron chi connectivity index (χ2n) is 4.97. The van der Waals surface area contributed by atoms with Crippen LogP contribution in [0.2, 0.25) is 0 Å². The first-order chi connectivity index (χ1) is 9.04. The molecule has 1 unspecified atom stereocenters. The molecule has 0 saturated heterocycles. The van der Waals surface area contributed by atoms with Crippen molar-refractivity contribution in [3.05, 3.63) is 47.8 Å². The summed E-state index contributed by atoms with van der Waals surface area (Å²) < 4.78 is 15.7. The molecule has 4 nitrogen and oxygen atoms in total. The molecule has 1 heterocycles. The molecule has 0 aliphatic carbocycles. The quantitative estimate of drug-likeness (QED) is 0.899. The van der Waals surface area contributed by atoms with Crippen LogP contribution in [0.3, 0.4) is 0 Å². The number of benzene rings is 1. The monoisotopic (exact) mass is 262 g/mol. The molecule has 2 N–H and O–H groups in total. The summed E-state index contributed by atoms with van der Waals surface area (Å²) in [7, 11) is 0. The normalized spacial score (nSPS) is 14.3. The molecular weight excluding hydrogens is 243 g/mol. The molecule has 2 aromatic rings. The second-order valence-corrected chi connectivity index (χ2v) is 4.97. The second kappa shape index (κ2) is 5.48. The Bertz CT molecular complexity index is 548. The van der Waals surface area contributed by atoms with Crippen molar-refractivity contribution < 1.29 is 4.39 Å². The average molecular weight is 262 g/mol. The van der Waals surface area contributed by atoms with Gasteiger partial charge in [-0.3, -0.25) is 4.68 Å². The summed E-state index contributed by atoms with van der Waals surface area (Å²) in [5, 5.41) is 4.16. The first-order valence-electron chi connectivity index (χ1n) is 6.45. The zero-order chi connectivity index (χ0) is 13.9. The number of nitrogens with two attached hydrogens (primary N) is 1. The molecule has 1 atom stereocenters. The van der Waals surface area contributed by atoms with Crippen molar-refractivity contribution in [3.63, 3.8) is 0 Å². The zero-order valence-electron chi connectivity index (χ0n) is 11.3. The van der Waals surface area contributed by atoms with E-state index in [0.29, 0.717) is 12.0 Å². The van der Waals surface area contributed by atoms with Gasteiger partial charge >= 0.3 is 0 Å². The molecule has 0 spiro atoms. The predicted octanol–water partition coefficient (Wildman–Crippen LogP) is 2.24. The fourth-order valence-electron chi connectivity index (χ4n) is 2.17. The minimum atomic E-state index is -0.802. The van der Waals surface area contributed by atoms with Gasteiger partial charge in [0.25, 0.3) is 0 Å². The molecule has 0 bridgehead atoms. The molecule has 0 amide bonds. The summed E-state index contributed by atoms with van der Waals surface area (Å²) in [5.74, 6) is 0.504. The molecule has 5 heteroatoms. The fourth-order valence-corrected chi connectivity index (χ4v) is 2.17. The van der Waals surface area contributed by atoms with Crippen LogP contribution in [0.1, 0.15) is 31.7 Å². The molecule has 0 aliphatic heterocycles. The first kappa shape index (κ1) is 13.7. The van der Waals surface area contributed by atoms with E-state index in [1.807, 2.05) is 11.6 Å². The van der Waals surface area contributed by atoms with E-state index >= 15 is 0 Å². The number of halogens is 1. The van der Waals surface area contributed by atoms with Crippen molar-refractivity contribution in [2.24, 2.45) is 5.73 Å². The number of rotatable bonds is 5. The Hall–Kier alpha value is -1.75. The van der Waals surface area contributed by atoms with E-state index in [0.717, 1.165) is 18.8 Å². The van der Waals surface area contributed by atoms with E-state index in [9.17, 15) is 4.39 Å². The van der Waals surface area contributed by atoms with Crippen molar-refractivity contribution in [2.45, 2.75) is 38.8 Å². The van der Waals surface area contributed by atoms with Gasteiger partial charge in [-0.25, -0.2) is 9.37 Å². The third-order valence-corrected chi connectivity index (χ3v) is 3.15. The minimum Gasteiger partial charge on any atom is -0.321 e. The van der Waals surface area contributed by atoms with Gasteiger partial charge in [-0.1, -0.05) is 25.1 Å². The Morgan fingerprint density at radius 3 is 2.79 bits per heavy atom. The Kier molecular flexibility index (Phi) is 3.95. The summed E-state index contributed by atoms with van der Waals surface area (Å²) in [6.45, 7) is 4.68. The van der Waals surface area contributed by atoms with Crippen LogP contribution in [-0.4, -0.2) is 14.8 Å². The van der Waals surface area contributed by atoms with Gasteiger partial charge < -0.3 is 5.73 Å². The van der Waals surface area contributed by atoms with Gasteiger partial charge in [-0.05, 0) is 19.4 Å². The van der Waals surface area contributed by atoms with Crippen molar-refractivity contribution in [1.82, 2.24) is 14.8 Å². The Labute approximate surface area is 112 Å². The lowest BCUT2D eigenvalue weighted by Gasteiger charge is -2.25. The lowest BCUT2D eigenvalue weighted by molar-refractivity contribution is 0.429. The van der Waals surface area contributed by atoms with Gasteiger partial charge in [-0.2, -0.15) is 5.10 Å². The average Bonchev–Trinajstić information content (AvgIpc) is 2.77. The highest BCUT2D eigenvalue weighted by atomic mass is 19.1. The molecule has 0 aliphatic rings. The molecule has 2 rings (SSSR count). The highest BCUT2D eigenvalue weighted by Gasteiger charge is 2.27. The smallest absolute Gasteiger partial charge is 0.138 e. The predicted molar refractivity (Wildman–Crippen MR) is 72.0 cm³/mol. The van der Waals surface area contributed by atoms with Gasteiger partial charge in [-0.15, -0.1) is 0 Å². The van der Waals surface area contributed by atoms with Gasteiger partial charge in [0.05, 0.1) is 0 Å². The lowest BCUT2D eigenvalue weighted by Crippen LogP contribution is -2.37. The molecule has 102 valence electrons. The highest BCUT2D eigenvalue weighted by molar-refractivity contribution is 5.26. The van der Waals surface area contributed by atoms with Crippen LogP contribution >= 0.6 is 0 Å². The number of hydrogen-bond donors (Lipinski definition) is 1. The fraction of sp³-hybridized carbons (Fsp3) is 0.429. The van der Waals surface area contributed by atoms with Crippen LogP contribution in [-0.2, 0) is 18.5 Å². The van der Waals surface area contributed by atoms with Crippen molar-refractivity contribution in [3.8, 4) is 0 Å². The van der Waals surface area contributed by atoms with Gasteiger partial charge in [0.2, 0.25) is 0 Å². The number of aromatic nitrogens is 3. The molecule has 1 aromatic heterocycles. The number of hydrogen-bond acceptors (Lipinski definition) is 3. The number of nitrogens with zero attached hydrogens (tertiary/aromatic N) is 3. The third kappa shape index (κ3) is 2.98. The maximum Gasteiger partial charge on any atom is 0.138 e. The van der Waals surface area contributed by atoms with Gasteiger partial charge in [0, 0.05) is 24.1 Å². The van der Waals surface area contributed by atoms with Crippen LogP contribution in [0.25, 0.3) is 0 Å². The molecule has 0 saturated carbocycles. The summed E-state index contributed by atoms with van der Waals surface area (Å²) in [4.78, 5) is 4.22. The van der Waals surface area contributed by atoms with E-state index in [1.54, 1.807) is 18.2 Å². The van der Waals surface area contributed by atoms with Crippen molar-refractivity contribution in [1.29, 1.82) is 0 Å². The van der Waals surface area contributed by atoms with Gasteiger partial charge in [0.15, 0.2) is 0 Å². The van der Waals surface area contributed by atoms with Crippen LogP contribution in [0.15, 0.2) is 30.6 Å².